The number of aryl methyl sites for hydroxylation is 1. The van der Waals surface area contributed by atoms with Gasteiger partial charge in [0.15, 0.2) is 0 Å². The smallest absolute Gasteiger partial charge is 0.0953 e. The number of hydrogen-bond donors (Lipinski definition) is 0. The highest BCUT2D eigenvalue weighted by Gasteiger charge is 2.03. The van der Waals surface area contributed by atoms with Crippen LogP contribution in [0.1, 0.15) is 31.7 Å². The first kappa shape index (κ1) is 13.7. The third kappa shape index (κ3) is 4.54. The van der Waals surface area contributed by atoms with Crippen LogP contribution in [0.25, 0.3) is 0 Å². The molecule has 0 heterocycles. The zero-order valence-corrected chi connectivity index (χ0v) is 11.1. The van der Waals surface area contributed by atoms with Crippen LogP contribution in [0.4, 0.5) is 0 Å². The van der Waals surface area contributed by atoms with E-state index in [9.17, 15) is 4.21 Å². The van der Waals surface area contributed by atoms with Crippen LogP contribution in [0.2, 0.25) is 0 Å². The van der Waals surface area contributed by atoms with Crippen molar-refractivity contribution in [2.45, 2.75) is 38.0 Å². The van der Waals surface area contributed by atoms with Gasteiger partial charge in [0.05, 0.1) is 16.9 Å². The van der Waals surface area contributed by atoms with Crippen LogP contribution in [0.15, 0.2) is 40.1 Å². The summed E-state index contributed by atoms with van der Waals surface area (Å²) in [5, 5.41) is 10.5. The summed E-state index contributed by atoms with van der Waals surface area (Å²) in [7, 11) is -1.21. The lowest BCUT2D eigenvalue weighted by molar-refractivity contribution is 0.688. The molecule has 0 saturated carbocycles. The molecule has 90 valence electrons. The van der Waals surface area contributed by atoms with Gasteiger partial charge in [-0.05, 0) is 31.9 Å². The van der Waals surface area contributed by atoms with Crippen molar-refractivity contribution in [3.05, 3.63) is 40.8 Å². The maximum atomic E-state index is 12.0. The molecule has 0 aromatic heterocycles. The predicted molar refractivity (Wildman–Crippen MR) is 70.8 cm³/mol. The lowest BCUT2D eigenvalue weighted by Gasteiger charge is -1.99. The molecule has 0 spiro atoms. The molecule has 1 rings (SSSR count). The van der Waals surface area contributed by atoms with E-state index in [-0.39, 0.29) is 0 Å². The minimum absolute atomic E-state index is 0.616. The molecule has 0 aliphatic carbocycles. The Kier molecular flexibility index (Phi) is 5.65. The molecule has 0 saturated heterocycles. The molecule has 1 aromatic rings. The molecule has 0 unspecified atom stereocenters. The van der Waals surface area contributed by atoms with Gasteiger partial charge in [-0.15, -0.1) is 0 Å². The standard InChI is InChI=1S/C14H17NOS/c1-3-4-5-13(10-15)11-17(16)14-8-6-12(2)7-9-14/h6-9,11H,3-5H2,1-2H3/b13-11+/t17-/m1/s1. The van der Waals surface area contributed by atoms with E-state index >= 15 is 0 Å². The maximum Gasteiger partial charge on any atom is 0.0953 e. The summed E-state index contributed by atoms with van der Waals surface area (Å²) in [4.78, 5) is 0.750. The van der Waals surface area contributed by atoms with Crippen LogP contribution in [-0.2, 0) is 10.8 Å². The summed E-state index contributed by atoms with van der Waals surface area (Å²) >= 11 is 0. The fraction of sp³-hybridized carbons (Fsp3) is 0.357. The molecular weight excluding hydrogens is 230 g/mol. The van der Waals surface area contributed by atoms with Crippen LogP contribution >= 0.6 is 0 Å². The molecule has 0 bridgehead atoms. The van der Waals surface area contributed by atoms with Crippen molar-refractivity contribution < 1.29 is 4.21 Å². The van der Waals surface area contributed by atoms with Crippen LogP contribution in [-0.4, -0.2) is 4.21 Å². The van der Waals surface area contributed by atoms with Crippen LogP contribution in [0.3, 0.4) is 0 Å². The number of nitrogens with zero attached hydrogens (tertiary/aromatic N) is 1. The first-order valence-electron chi connectivity index (χ1n) is 5.75. The van der Waals surface area contributed by atoms with E-state index in [2.05, 4.69) is 13.0 Å². The number of unbranched alkanes of at least 4 members (excludes halogenated alkanes) is 1. The van der Waals surface area contributed by atoms with Gasteiger partial charge >= 0.3 is 0 Å². The van der Waals surface area contributed by atoms with Gasteiger partial charge in [-0.3, -0.25) is 0 Å². The quantitative estimate of drug-likeness (QED) is 0.744. The SMILES string of the molecule is CCCC/C(C#N)=C\[S@@](=O)c1ccc(C)cc1. The summed E-state index contributed by atoms with van der Waals surface area (Å²) < 4.78 is 12.0. The lowest BCUT2D eigenvalue weighted by Crippen LogP contribution is -1.90. The molecule has 1 aromatic carbocycles. The number of hydrogen-bond acceptors (Lipinski definition) is 2. The molecule has 0 aliphatic heterocycles. The van der Waals surface area contributed by atoms with E-state index in [4.69, 9.17) is 5.26 Å². The molecule has 0 radical (unpaired) electrons. The second-order valence-electron chi connectivity index (χ2n) is 3.97. The van der Waals surface area contributed by atoms with Crippen molar-refractivity contribution in [2.24, 2.45) is 0 Å². The summed E-state index contributed by atoms with van der Waals surface area (Å²) in [5.74, 6) is 0. The van der Waals surface area contributed by atoms with E-state index in [1.165, 1.54) is 0 Å². The Bertz CT molecular complexity index is 454. The lowest BCUT2D eigenvalue weighted by atomic mass is 10.1. The minimum atomic E-state index is -1.21. The number of rotatable bonds is 5. The fourth-order valence-corrected chi connectivity index (χ4v) is 2.35. The predicted octanol–water partition coefficient (Wildman–Crippen LogP) is 3.70. The summed E-state index contributed by atoms with van der Waals surface area (Å²) in [6.07, 6.45) is 2.71. The largest absolute Gasteiger partial charge is 0.250 e. The second kappa shape index (κ2) is 7.03. The van der Waals surface area contributed by atoms with Crippen molar-refractivity contribution in [2.75, 3.05) is 0 Å². The topological polar surface area (TPSA) is 40.9 Å². The van der Waals surface area contributed by atoms with Crippen LogP contribution < -0.4 is 0 Å². The van der Waals surface area contributed by atoms with Gasteiger partial charge in [-0.2, -0.15) is 5.26 Å². The molecule has 0 aliphatic rings. The first-order chi connectivity index (χ1) is 8.17. The molecular formula is C14H17NOS. The van der Waals surface area contributed by atoms with E-state index < -0.39 is 10.8 Å². The molecule has 17 heavy (non-hydrogen) atoms. The third-order valence-corrected chi connectivity index (χ3v) is 3.68. The highest BCUT2D eigenvalue weighted by atomic mass is 32.2. The Morgan fingerprint density at radius 3 is 2.59 bits per heavy atom. The fourth-order valence-electron chi connectivity index (χ4n) is 1.38. The van der Waals surface area contributed by atoms with Crippen molar-refractivity contribution >= 4 is 10.8 Å². The van der Waals surface area contributed by atoms with E-state index in [0.717, 1.165) is 23.3 Å². The Morgan fingerprint density at radius 1 is 1.41 bits per heavy atom. The van der Waals surface area contributed by atoms with Crippen molar-refractivity contribution in [3.63, 3.8) is 0 Å². The van der Waals surface area contributed by atoms with Gasteiger partial charge in [0, 0.05) is 15.9 Å². The summed E-state index contributed by atoms with van der Waals surface area (Å²) in [5.41, 5.74) is 1.76. The molecule has 0 fully saturated rings. The zero-order valence-electron chi connectivity index (χ0n) is 10.3. The van der Waals surface area contributed by atoms with Crippen molar-refractivity contribution in [1.82, 2.24) is 0 Å². The first-order valence-corrected chi connectivity index (χ1v) is 6.96. The monoisotopic (exact) mass is 247 g/mol. The van der Waals surface area contributed by atoms with Crippen LogP contribution in [0.5, 0.6) is 0 Å². The van der Waals surface area contributed by atoms with E-state index in [1.807, 2.05) is 31.2 Å². The minimum Gasteiger partial charge on any atom is -0.250 e. The van der Waals surface area contributed by atoms with Gasteiger partial charge in [-0.25, -0.2) is 4.21 Å². The van der Waals surface area contributed by atoms with Gasteiger partial charge in [0.25, 0.3) is 0 Å². The number of benzene rings is 1. The average Bonchev–Trinajstić information content (AvgIpc) is 2.35. The summed E-state index contributed by atoms with van der Waals surface area (Å²) in [6, 6.07) is 9.66. The molecule has 1 atom stereocenters. The molecule has 0 N–H and O–H groups in total. The Labute approximate surface area is 105 Å². The number of nitriles is 1. The van der Waals surface area contributed by atoms with E-state index in [0.29, 0.717) is 12.0 Å². The average molecular weight is 247 g/mol. The number of allylic oxidation sites excluding steroid dienone is 1. The zero-order chi connectivity index (χ0) is 12.7. The Balaban J connectivity index is 2.79. The van der Waals surface area contributed by atoms with Crippen LogP contribution in [0, 0.1) is 18.3 Å². The summed E-state index contributed by atoms with van der Waals surface area (Å²) in [6.45, 7) is 4.07. The van der Waals surface area contributed by atoms with Crippen molar-refractivity contribution in [1.29, 1.82) is 5.26 Å². The highest BCUT2D eigenvalue weighted by molar-refractivity contribution is 7.88. The third-order valence-electron chi connectivity index (χ3n) is 2.45. The Morgan fingerprint density at radius 2 is 2.06 bits per heavy atom. The van der Waals surface area contributed by atoms with Gasteiger partial charge in [0.2, 0.25) is 0 Å². The van der Waals surface area contributed by atoms with Gasteiger partial charge in [-0.1, -0.05) is 31.0 Å². The molecule has 2 nitrogen and oxygen atoms in total. The molecule has 0 amide bonds. The van der Waals surface area contributed by atoms with E-state index in [1.54, 1.807) is 5.41 Å². The Hall–Kier alpha value is -1.40. The highest BCUT2D eigenvalue weighted by Crippen LogP contribution is 2.13. The van der Waals surface area contributed by atoms with Crippen molar-refractivity contribution in [3.8, 4) is 6.07 Å². The molecule has 3 heteroatoms. The van der Waals surface area contributed by atoms with Gasteiger partial charge < -0.3 is 0 Å². The maximum absolute atomic E-state index is 12.0. The second-order valence-corrected chi connectivity index (χ2v) is 5.27. The van der Waals surface area contributed by atoms with Gasteiger partial charge in [0.1, 0.15) is 0 Å². The normalized spacial score (nSPS) is 13.1.